The lowest BCUT2D eigenvalue weighted by molar-refractivity contribution is 0.104. The van der Waals surface area contributed by atoms with E-state index in [1.807, 2.05) is 0 Å². The van der Waals surface area contributed by atoms with E-state index in [0.717, 1.165) is 16.4 Å². The van der Waals surface area contributed by atoms with Crippen LogP contribution in [-0.2, 0) is 16.8 Å². The molecule has 0 atom stereocenters. The second kappa shape index (κ2) is 11.9. The van der Waals surface area contributed by atoms with Crippen molar-refractivity contribution in [2.24, 2.45) is 0 Å². The molecule has 2 heterocycles. The number of hydrogen-bond acceptors (Lipinski definition) is 8. The Bertz CT molecular complexity index is 1630. The fourth-order valence-corrected chi connectivity index (χ4v) is 5.07. The summed E-state index contributed by atoms with van der Waals surface area (Å²) < 4.78 is 50.1. The molecule has 1 fully saturated rings. The van der Waals surface area contributed by atoms with Crippen LogP contribution in [0.25, 0.3) is 10.9 Å². The Morgan fingerprint density at radius 3 is 2.60 bits per heavy atom. The zero-order chi connectivity index (χ0) is 29.0. The quantitative estimate of drug-likeness (QED) is 0.391. The zero-order valence-electron chi connectivity index (χ0n) is 21.9. The second-order valence-electron chi connectivity index (χ2n) is 9.07. The summed E-state index contributed by atoms with van der Waals surface area (Å²) in [7, 11) is -2.64. The number of fused-ring (bicyclic) bond motifs is 1. The van der Waals surface area contributed by atoms with Crippen LogP contribution in [0.4, 0.5) is 14.9 Å². The average molecular weight is 574 g/mol. The van der Waals surface area contributed by atoms with Crippen molar-refractivity contribution < 1.29 is 27.4 Å². The molecule has 0 radical (unpaired) electrons. The highest BCUT2D eigenvalue weighted by Gasteiger charge is 2.23. The molecule has 0 spiro atoms. The number of carboxylic acid groups (broad SMARTS) is 1. The monoisotopic (exact) mass is 573 g/mol. The lowest BCUT2D eigenvalue weighted by atomic mass is 10.1. The van der Waals surface area contributed by atoms with Gasteiger partial charge in [-0.05, 0) is 30.3 Å². The maximum Gasteiger partial charge on any atom is 0.407 e. The van der Waals surface area contributed by atoms with E-state index >= 15 is 0 Å². The van der Waals surface area contributed by atoms with Crippen molar-refractivity contribution in [3.8, 4) is 17.6 Å². The highest BCUT2D eigenvalue weighted by molar-refractivity contribution is 7.90. The highest BCUT2D eigenvalue weighted by atomic mass is 32.2. The van der Waals surface area contributed by atoms with Crippen LogP contribution in [0.1, 0.15) is 12.5 Å². The molecular formula is C25H28FN7O6S. The molecule has 1 aliphatic rings. The fourth-order valence-electron chi connectivity index (χ4n) is 4.13. The van der Waals surface area contributed by atoms with Crippen molar-refractivity contribution in [2.75, 3.05) is 51.0 Å². The van der Waals surface area contributed by atoms with Crippen molar-refractivity contribution in [3.63, 3.8) is 0 Å². The molecule has 1 aliphatic heterocycles. The van der Waals surface area contributed by atoms with Crippen molar-refractivity contribution in [2.45, 2.75) is 13.5 Å². The predicted octanol–water partition coefficient (Wildman–Crippen LogP) is 2.10. The van der Waals surface area contributed by atoms with Gasteiger partial charge in [0.25, 0.3) is 5.56 Å². The minimum Gasteiger partial charge on any atom is -0.465 e. The Hall–Kier alpha value is -4.26. The van der Waals surface area contributed by atoms with Crippen LogP contribution in [0.15, 0.2) is 41.5 Å². The van der Waals surface area contributed by atoms with Crippen LogP contribution < -0.4 is 15.0 Å². The summed E-state index contributed by atoms with van der Waals surface area (Å²) in [6, 6.07) is 8.27. The molecule has 0 unspecified atom stereocenters. The third-order valence-electron chi connectivity index (χ3n) is 6.63. The Morgan fingerprint density at radius 1 is 1.23 bits per heavy atom. The van der Waals surface area contributed by atoms with Crippen LogP contribution in [-0.4, -0.2) is 89.6 Å². The van der Waals surface area contributed by atoms with E-state index in [0.29, 0.717) is 44.8 Å². The van der Waals surface area contributed by atoms with Crippen LogP contribution in [0.5, 0.6) is 11.5 Å². The van der Waals surface area contributed by atoms with E-state index in [4.69, 9.17) is 9.84 Å². The first kappa shape index (κ1) is 28.7. The maximum atomic E-state index is 14.8. The maximum absolute atomic E-state index is 14.8. The summed E-state index contributed by atoms with van der Waals surface area (Å²) in [5, 5.41) is 19.0. The number of carbonyl (C=O) groups is 1. The van der Waals surface area contributed by atoms with Gasteiger partial charge < -0.3 is 14.7 Å². The molecular weight excluding hydrogens is 545 g/mol. The molecule has 1 aromatic heterocycles. The number of amides is 1. The molecule has 0 aliphatic carbocycles. The molecule has 2 N–H and O–H groups in total. The SMILES string of the molecule is CCN(C)S(=O)(=O)Nc1ccc(F)c(Oc2ccc3ncn(CCN4CCN(C(=O)O)CC4)c(=O)c3c2)c1C#N. The molecule has 4 rings (SSSR count). The minimum absolute atomic E-state index is 0.0509. The van der Waals surface area contributed by atoms with E-state index in [9.17, 15) is 27.7 Å². The molecule has 1 amide bonds. The number of piperazine rings is 1. The van der Waals surface area contributed by atoms with Crippen molar-refractivity contribution >= 4 is 32.9 Å². The van der Waals surface area contributed by atoms with Crippen LogP contribution in [0.3, 0.4) is 0 Å². The molecule has 3 aromatic rings. The second-order valence-corrected chi connectivity index (χ2v) is 10.8. The summed E-state index contributed by atoms with van der Waals surface area (Å²) in [6.07, 6.45) is 0.473. The number of benzene rings is 2. The molecule has 2 aromatic carbocycles. The van der Waals surface area contributed by atoms with E-state index in [1.54, 1.807) is 13.0 Å². The first-order valence-electron chi connectivity index (χ1n) is 12.4. The van der Waals surface area contributed by atoms with Crippen LogP contribution in [0, 0.1) is 17.1 Å². The molecule has 212 valence electrons. The van der Waals surface area contributed by atoms with Gasteiger partial charge in [0.05, 0.1) is 22.9 Å². The normalized spacial score (nSPS) is 14.3. The molecule has 0 saturated carbocycles. The minimum atomic E-state index is -3.99. The van der Waals surface area contributed by atoms with E-state index in [2.05, 4.69) is 14.6 Å². The Balaban J connectivity index is 1.57. The average Bonchev–Trinajstić information content (AvgIpc) is 2.94. The van der Waals surface area contributed by atoms with Crippen molar-refractivity contribution in [1.82, 2.24) is 23.7 Å². The number of nitriles is 1. The summed E-state index contributed by atoms with van der Waals surface area (Å²) in [5.41, 5.74) is -0.494. The largest absolute Gasteiger partial charge is 0.465 e. The van der Waals surface area contributed by atoms with Crippen molar-refractivity contribution in [3.05, 3.63) is 58.4 Å². The van der Waals surface area contributed by atoms with Gasteiger partial charge in [0.15, 0.2) is 11.6 Å². The Labute approximate surface area is 229 Å². The molecule has 1 saturated heterocycles. The van der Waals surface area contributed by atoms with Crippen LogP contribution in [0.2, 0.25) is 0 Å². The number of nitrogens with one attached hydrogen (secondary N) is 1. The van der Waals surface area contributed by atoms with Gasteiger partial charge in [-0.25, -0.2) is 14.2 Å². The van der Waals surface area contributed by atoms with Gasteiger partial charge in [0, 0.05) is 52.9 Å². The van der Waals surface area contributed by atoms with Gasteiger partial charge in [0.2, 0.25) is 0 Å². The van der Waals surface area contributed by atoms with Gasteiger partial charge in [-0.1, -0.05) is 6.92 Å². The number of rotatable bonds is 9. The van der Waals surface area contributed by atoms with Gasteiger partial charge in [-0.15, -0.1) is 0 Å². The summed E-state index contributed by atoms with van der Waals surface area (Å²) in [5.74, 6) is -1.34. The van der Waals surface area contributed by atoms with E-state index < -0.39 is 27.9 Å². The predicted molar refractivity (Wildman–Crippen MR) is 144 cm³/mol. The molecule has 40 heavy (non-hydrogen) atoms. The lowest BCUT2D eigenvalue weighted by Crippen LogP contribution is -2.49. The fraction of sp³-hybridized carbons (Fsp3) is 0.360. The van der Waals surface area contributed by atoms with E-state index in [1.165, 1.54) is 41.0 Å². The number of aromatic nitrogens is 2. The lowest BCUT2D eigenvalue weighted by Gasteiger charge is -2.33. The number of hydrogen-bond donors (Lipinski definition) is 2. The third-order valence-corrected chi connectivity index (χ3v) is 8.19. The van der Waals surface area contributed by atoms with Gasteiger partial charge in [0.1, 0.15) is 17.4 Å². The van der Waals surface area contributed by atoms with E-state index in [-0.39, 0.29) is 34.5 Å². The first-order chi connectivity index (χ1) is 19.0. The van der Waals surface area contributed by atoms with Crippen LogP contribution >= 0.6 is 0 Å². The zero-order valence-corrected chi connectivity index (χ0v) is 22.7. The summed E-state index contributed by atoms with van der Waals surface area (Å²) >= 11 is 0. The molecule has 15 heteroatoms. The molecule has 13 nitrogen and oxygen atoms in total. The van der Waals surface area contributed by atoms with Gasteiger partial charge in [-0.3, -0.25) is 19.0 Å². The number of anilines is 1. The first-order valence-corrected chi connectivity index (χ1v) is 13.8. The topological polar surface area (TPSA) is 161 Å². The summed E-state index contributed by atoms with van der Waals surface area (Å²) in [4.78, 5) is 32.0. The summed E-state index contributed by atoms with van der Waals surface area (Å²) in [6.45, 7) is 4.53. The van der Waals surface area contributed by atoms with Gasteiger partial charge >= 0.3 is 16.3 Å². The van der Waals surface area contributed by atoms with Gasteiger partial charge in [-0.2, -0.15) is 18.0 Å². The number of nitrogens with zero attached hydrogens (tertiary/aromatic N) is 6. The number of halogens is 1. The highest BCUT2D eigenvalue weighted by Crippen LogP contribution is 2.34. The molecule has 0 bridgehead atoms. The smallest absolute Gasteiger partial charge is 0.407 e. The Morgan fingerprint density at radius 2 is 1.95 bits per heavy atom. The standard InChI is InChI=1S/C25H28FN7O6S/c1-3-30(2)40(37,38)29-22-7-5-20(26)23(19(22)15-27)39-17-4-6-21-18(14-17)24(34)33(16-28-21)13-10-31-8-11-32(12-9-31)25(35)36/h4-7,14,16,29H,3,8-13H2,1-2H3,(H,35,36). The Kier molecular flexibility index (Phi) is 8.52. The third kappa shape index (κ3) is 6.14. The number of ether oxygens (including phenoxy) is 1. The van der Waals surface area contributed by atoms with Crippen molar-refractivity contribution in [1.29, 1.82) is 5.26 Å².